The molecule has 0 saturated heterocycles. The first-order chi connectivity index (χ1) is 13.7. The quantitative estimate of drug-likeness (QED) is 0.497. The highest BCUT2D eigenvalue weighted by Gasteiger charge is 2.16. The third-order valence-corrected chi connectivity index (χ3v) is 5.43. The van der Waals surface area contributed by atoms with Crippen molar-refractivity contribution in [1.29, 1.82) is 0 Å². The molecule has 0 aliphatic heterocycles. The summed E-state index contributed by atoms with van der Waals surface area (Å²) < 4.78 is 7.24. The Hall–Kier alpha value is -1.86. The van der Waals surface area contributed by atoms with E-state index in [2.05, 4.69) is 56.6 Å². The second-order valence-corrected chi connectivity index (χ2v) is 9.19. The molecule has 0 saturated carbocycles. The Kier molecular flexibility index (Phi) is 8.71. The van der Waals surface area contributed by atoms with Gasteiger partial charge in [-0.2, -0.15) is 0 Å². The van der Waals surface area contributed by atoms with E-state index >= 15 is 0 Å². The molecule has 0 aromatic heterocycles. The van der Waals surface area contributed by atoms with Crippen molar-refractivity contribution in [3.8, 4) is 5.75 Å². The summed E-state index contributed by atoms with van der Waals surface area (Å²) in [6, 6.07) is 11.7. The van der Waals surface area contributed by atoms with Crippen LogP contribution in [0.3, 0.4) is 0 Å². The first-order valence-electron chi connectivity index (χ1n) is 9.43. The van der Waals surface area contributed by atoms with Crippen LogP contribution in [0.5, 0.6) is 5.75 Å². The number of carbonyl (C=O) groups excluding carboxylic acids is 2. The highest BCUT2D eigenvalue weighted by atomic mass is 79.9. The monoisotopic (exact) mass is 524 g/mol. The number of rotatable bonds is 7. The molecule has 2 aromatic rings. The molecule has 2 N–H and O–H groups in total. The molecule has 7 heteroatoms. The summed E-state index contributed by atoms with van der Waals surface area (Å²) in [6.07, 6.45) is 1.00. The number of hydrogen-bond acceptors (Lipinski definition) is 3. The van der Waals surface area contributed by atoms with Gasteiger partial charge in [-0.05, 0) is 70.9 Å². The van der Waals surface area contributed by atoms with Crippen molar-refractivity contribution in [3.05, 3.63) is 62.0 Å². The lowest BCUT2D eigenvalue weighted by molar-refractivity contribution is -0.130. The normalized spacial score (nSPS) is 11.8. The number of aryl methyl sites for hydroxylation is 1. The summed E-state index contributed by atoms with van der Waals surface area (Å²) in [5.41, 5.74) is 7.90. The number of benzene rings is 2. The minimum absolute atomic E-state index is 0.209. The lowest BCUT2D eigenvalue weighted by atomic mass is 9.96. The fourth-order valence-electron chi connectivity index (χ4n) is 2.85. The zero-order chi connectivity index (χ0) is 21.6. The van der Waals surface area contributed by atoms with E-state index in [0.717, 1.165) is 26.5 Å². The van der Waals surface area contributed by atoms with Crippen LogP contribution in [0.25, 0.3) is 0 Å². The molecule has 29 heavy (non-hydrogen) atoms. The molecule has 0 aliphatic rings. The van der Waals surface area contributed by atoms with Gasteiger partial charge >= 0.3 is 0 Å². The molecule has 0 fully saturated rings. The Morgan fingerprint density at radius 2 is 1.69 bits per heavy atom. The van der Waals surface area contributed by atoms with E-state index in [1.54, 1.807) is 6.92 Å². The topological polar surface area (TPSA) is 67.4 Å². The number of hydrazine groups is 1. The fraction of sp³-hybridized carbons (Fsp3) is 0.364. The summed E-state index contributed by atoms with van der Waals surface area (Å²) in [4.78, 5) is 24.4. The van der Waals surface area contributed by atoms with Crippen LogP contribution in [0, 0.1) is 12.8 Å². The van der Waals surface area contributed by atoms with E-state index in [1.165, 1.54) is 5.56 Å². The van der Waals surface area contributed by atoms with Gasteiger partial charge < -0.3 is 4.74 Å². The van der Waals surface area contributed by atoms with Crippen molar-refractivity contribution >= 4 is 43.7 Å². The lowest BCUT2D eigenvalue weighted by Crippen LogP contribution is -2.45. The molecule has 2 rings (SSSR count). The summed E-state index contributed by atoms with van der Waals surface area (Å²) in [5, 5.41) is 0. The Labute approximate surface area is 188 Å². The average Bonchev–Trinajstić information content (AvgIpc) is 2.64. The van der Waals surface area contributed by atoms with Gasteiger partial charge in [-0.15, -0.1) is 0 Å². The van der Waals surface area contributed by atoms with Crippen molar-refractivity contribution < 1.29 is 14.3 Å². The molecule has 5 nitrogen and oxygen atoms in total. The van der Waals surface area contributed by atoms with Crippen molar-refractivity contribution in [2.24, 2.45) is 5.92 Å². The molecular formula is C22H26Br2N2O3. The van der Waals surface area contributed by atoms with Crippen LogP contribution in [0.2, 0.25) is 0 Å². The molecule has 0 heterocycles. The predicted octanol–water partition coefficient (Wildman–Crippen LogP) is 5.05. The molecule has 1 unspecified atom stereocenters. The molecule has 2 aromatic carbocycles. The molecule has 1 atom stereocenters. The van der Waals surface area contributed by atoms with E-state index < -0.39 is 5.91 Å². The second-order valence-electron chi connectivity index (χ2n) is 7.42. The van der Waals surface area contributed by atoms with Gasteiger partial charge in [0.15, 0.2) is 6.61 Å². The smallest absolute Gasteiger partial charge is 0.276 e. The summed E-state index contributed by atoms with van der Waals surface area (Å²) in [5.74, 6) is 0.0700. The minimum atomic E-state index is -0.438. The van der Waals surface area contributed by atoms with E-state index in [0.29, 0.717) is 11.7 Å². The van der Waals surface area contributed by atoms with Gasteiger partial charge in [0.2, 0.25) is 5.91 Å². The van der Waals surface area contributed by atoms with Gasteiger partial charge in [0, 0.05) is 4.47 Å². The van der Waals surface area contributed by atoms with Crippen LogP contribution in [-0.4, -0.2) is 18.4 Å². The van der Waals surface area contributed by atoms with Gasteiger partial charge in [0.25, 0.3) is 5.91 Å². The van der Waals surface area contributed by atoms with Crippen molar-refractivity contribution in [3.63, 3.8) is 0 Å². The van der Waals surface area contributed by atoms with Gasteiger partial charge in [-0.3, -0.25) is 20.4 Å². The van der Waals surface area contributed by atoms with Crippen LogP contribution in [0.15, 0.2) is 45.3 Å². The highest BCUT2D eigenvalue weighted by molar-refractivity contribution is 9.11. The maximum atomic E-state index is 12.4. The minimum Gasteiger partial charge on any atom is -0.482 e. The Morgan fingerprint density at radius 3 is 2.28 bits per heavy atom. The number of nitrogens with one attached hydrogen (secondary N) is 2. The van der Waals surface area contributed by atoms with Crippen molar-refractivity contribution in [2.75, 3.05) is 6.61 Å². The van der Waals surface area contributed by atoms with E-state index in [9.17, 15) is 9.59 Å². The molecule has 0 bridgehead atoms. The third-order valence-electron chi connectivity index (χ3n) is 4.38. The second kappa shape index (κ2) is 10.8. The molecule has 0 radical (unpaired) electrons. The zero-order valence-electron chi connectivity index (χ0n) is 17.0. The number of carbonyl (C=O) groups is 2. The molecule has 2 amide bonds. The maximum absolute atomic E-state index is 12.4. The van der Waals surface area contributed by atoms with Gasteiger partial charge in [0.1, 0.15) is 5.75 Å². The van der Waals surface area contributed by atoms with Gasteiger partial charge in [-0.1, -0.05) is 54.0 Å². The van der Waals surface area contributed by atoms with Crippen LogP contribution in [0.4, 0.5) is 0 Å². The SMILES string of the molecule is Cc1cc(Br)cc(Br)c1OCC(=O)NNC(=O)C(C)c1ccc(CC(C)C)cc1. The molecule has 0 aliphatic carbocycles. The largest absolute Gasteiger partial charge is 0.482 e. The van der Waals surface area contributed by atoms with Gasteiger partial charge in [-0.25, -0.2) is 0 Å². The predicted molar refractivity (Wildman–Crippen MR) is 122 cm³/mol. The Morgan fingerprint density at radius 1 is 1.03 bits per heavy atom. The number of hydrogen-bond donors (Lipinski definition) is 2. The number of ether oxygens (including phenoxy) is 1. The van der Waals surface area contributed by atoms with Crippen molar-refractivity contribution in [2.45, 2.75) is 40.0 Å². The third kappa shape index (κ3) is 7.16. The first-order valence-corrected chi connectivity index (χ1v) is 11.0. The first kappa shape index (κ1) is 23.4. The lowest BCUT2D eigenvalue weighted by Gasteiger charge is -2.15. The summed E-state index contributed by atoms with van der Waals surface area (Å²) in [6.45, 7) is 7.83. The summed E-state index contributed by atoms with van der Waals surface area (Å²) in [7, 11) is 0. The van der Waals surface area contributed by atoms with Crippen LogP contribution in [-0.2, 0) is 16.0 Å². The maximum Gasteiger partial charge on any atom is 0.276 e. The van der Waals surface area contributed by atoms with E-state index in [4.69, 9.17) is 4.74 Å². The van der Waals surface area contributed by atoms with Crippen molar-refractivity contribution in [1.82, 2.24) is 10.9 Å². The molecular weight excluding hydrogens is 500 g/mol. The molecule has 0 spiro atoms. The van der Waals surface area contributed by atoms with Crippen LogP contribution >= 0.6 is 31.9 Å². The van der Waals surface area contributed by atoms with E-state index in [-0.39, 0.29) is 18.4 Å². The summed E-state index contributed by atoms with van der Waals surface area (Å²) >= 11 is 6.82. The fourth-order valence-corrected chi connectivity index (χ4v) is 4.40. The number of amides is 2. The van der Waals surface area contributed by atoms with Gasteiger partial charge in [0.05, 0.1) is 10.4 Å². The molecule has 156 valence electrons. The Bertz CT molecular complexity index is 844. The van der Waals surface area contributed by atoms with E-state index in [1.807, 2.05) is 43.3 Å². The zero-order valence-corrected chi connectivity index (χ0v) is 20.2. The standard InChI is InChI=1S/C22H26Br2N2O3/c1-13(2)9-16-5-7-17(8-6-16)15(4)22(28)26-25-20(27)12-29-21-14(3)10-18(23)11-19(21)24/h5-8,10-11,13,15H,9,12H2,1-4H3,(H,25,27)(H,26,28). The van der Waals surface area contributed by atoms with Crippen LogP contribution < -0.4 is 15.6 Å². The number of halogens is 2. The average molecular weight is 526 g/mol. The highest BCUT2D eigenvalue weighted by Crippen LogP contribution is 2.32. The van der Waals surface area contributed by atoms with Crippen LogP contribution in [0.1, 0.15) is 43.4 Å². The Balaban J connectivity index is 1.84.